The molecule has 6 heteroatoms. The Hall–Kier alpha value is -0.790. The molecule has 1 N–H and O–H groups in total. The van der Waals surface area contributed by atoms with Gasteiger partial charge in [0.2, 0.25) is 0 Å². The smallest absolute Gasteiger partial charge is 0.408 e. The van der Waals surface area contributed by atoms with Gasteiger partial charge in [-0.1, -0.05) is 0 Å². The molecule has 22 heavy (non-hydrogen) atoms. The first kappa shape index (κ1) is 14.8. The van der Waals surface area contributed by atoms with Crippen molar-refractivity contribution in [3.63, 3.8) is 0 Å². The topological polar surface area (TPSA) is 56.1 Å². The lowest BCUT2D eigenvalue weighted by atomic mass is 9.44. The molecule has 4 saturated carbocycles. The minimum atomic E-state index is -0.440. The molecule has 4 aliphatic carbocycles. The predicted molar refractivity (Wildman–Crippen MR) is 90.8 cm³/mol. The number of hydrogen-bond acceptors (Lipinski definition) is 3. The summed E-state index contributed by atoms with van der Waals surface area (Å²) in [4.78, 5) is 16.7. The van der Waals surface area contributed by atoms with Crippen molar-refractivity contribution in [2.75, 3.05) is 0 Å². The number of rotatable bonds is 3. The van der Waals surface area contributed by atoms with Crippen LogP contribution >= 0.6 is 22.6 Å². The summed E-state index contributed by atoms with van der Waals surface area (Å²) in [6, 6.07) is 0. The number of amides is 1. The van der Waals surface area contributed by atoms with Crippen molar-refractivity contribution in [1.29, 1.82) is 0 Å². The van der Waals surface area contributed by atoms with Crippen molar-refractivity contribution in [3.8, 4) is 0 Å². The fraction of sp³-hybridized carbons (Fsp3) is 0.750. The van der Waals surface area contributed by atoms with E-state index < -0.39 is 5.60 Å². The number of aromatic nitrogens is 2. The predicted octanol–water partition coefficient (Wildman–Crippen LogP) is 3.52. The molecule has 0 spiro atoms. The Labute approximate surface area is 144 Å². The number of nitrogens with zero attached hydrogens (tertiary/aromatic N) is 2. The van der Waals surface area contributed by atoms with Crippen molar-refractivity contribution >= 4 is 28.7 Å². The third kappa shape index (κ3) is 2.34. The largest absolute Gasteiger partial charge is 0.444 e. The SMILES string of the molecule is CC(C)(C)OC(=O)NC12CC(n3cc(I)nc3C3CC3)(C1)C2. The third-order valence-corrected chi connectivity index (χ3v) is 5.45. The lowest BCUT2D eigenvalue weighted by Crippen LogP contribution is -2.79. The Kier molecular flexibility index (Phi) is 2.95. The van der Waals surface area contributed by atoms with Gasteiger partial charge in [-0.2, -0.15) is 0 Å². The molecule has 120 valence electrons. The van der Waals surface area contributed by atoms with Crippen LogP contribution in [0.25, 0.3) is 0 Å². The second kappa shape index (κ2) is 4.39. The summed E-state index contributed by atoms with van der Waals surface area (Å²) in [5.74, 6) is 1.92. The van der Waals surface area contributed by atoms with Gasteiger partial charge in [0.15, 0.2) is 0 Å². The van der Waals surface area contributed by atoms with Crippen LogP contribution in [-0.2, 0) is 10.3 Å². The first-order valence-electron chi connectivity index (χ1n) is 7.97. The number of nitrogens with one attached hydrogen (secondary N) is 1. The normalized spacial score (nSPS) is 32.9. The lowest BCUT2D eigenvalue weighted by molar-refractivity contribution is -0.137. The van der Waals surface area contributed by atoms with E-state index in [0.29, 0.717) is 5.92 Å². The molecular weight excluding hydrogens is 393 g/mol. The van der Waals surface area contributed by atoms with Gasteiger partial charge in [0, 0.05) is 12.1 Å². The summed E-state index contributed by atoms with van der Waals surface area (Å²) in [6.07, 6.45) is 7.45. The number of halogens is 1. The molecule has 1 aromatic rings. The highest BCUT2D eigenvalue weighted by molar-refractivity contribution is 14.1. The second-order valence-corrected chi connectivity index (χ2v) is 9.33. The number of ether oxygens (including phenoxy) is 1. The molecule has 1 amide bonds. The van der Waals surface area contributed by atoms with Gasteiger partial charge in [-0.15, -0.1) is 0 Å². The summed E-state index contributed by atoms with van der Waals surface area (Å²) in [6.45, 7) is 5.68. The van der Waals surface area contributed by atoms with Crippen LogP contribution in [-0.4, -0.2) is 26.8 Å². The Morgan fingerprint density at radius 1 is 1.41 bits per heavy atom. The number of carbonyl (C=O) groups is 1. The van der Waals surface area contributed by atoms with Crippen molar-refractivity contribution in [2.24, 2.45) is 0 Å². The van der Waals surface area contributed by atoms with Gasteiger partial charge in [-0.25, -0.2) is 9.78 Å². The molecular formula is C16H22IN3O2. The highest BCUT2D eigenvalue weighted by Gasteiger charge is 2.70. The lowest BCUT2D eigenvalue weighted by Gasteiger charge is -2.70. The molecule has 0 unspecified atom stereocenters. The van der Waals surface area contributed by atoms with Gasteiger partial charge in [-0.05, 0) is 75.5 Å². The zero-order valence-corrected chi connectivity index (χ0v) is 15.4. The molecule has 2 bridgehead atoms. The molecule has 0 radical (unpaired) electrons. The first-order valence-corrected chi connectivity index (χ1v) is 9.05. The van der Waals surface area contributed by atoms with Crippen molar-refractivity contribution in [1.82, 2.24) is 14.9 Å². The van der Waals surface area contributed by atoms with Gasteiger partial charge in [-0.3, -0.25) is 0 Å². The summed E-state index contributed by atoms with van der Waals surface area (Å²) in [5, 5.41) is 3.08. The maximum absolute atomic E-state index is 12.0. The van der Waals surface area contributed by atoms with Gasteiger partial charge in [0.1, 0.15) is 15.1 Å². The molecule has 5 rings (SSSR count). The van der Waals surface area contributed by atoms with Crippen LogP contribution in [0.2, 0.25) is 0 Å². The number of alkyl carbamates (subject to hydrolysis) is 1. The molecule has 0 saturated heterocycles. The van der Waals surface area contributed by atoms with E-state index in [-0.39, 0.29) is 17.2 Å². The fourth-order valence-corrected chi connectivity index (χ4v) is 4.54. The quantitative estimate of drug-likeness (QED) is 0.769. The van der Waals surface area contributed by atoms with E-state index in [9.17, 15) is 4.79 Å². The Bertz CT molecular complexity index is 623. The van der Waals surface area contributed by atoms with E-state index in [0.717, 1.165) is 23.0 Å². The third-order valence-electron chi connectivity index (χ3n) is 4.93. The van der Waals surface area contributed by atoms with E-state index in [2.05, 4.69) is 38.7 Å². The van der Waals surface area contributed by atoms with Crippen LogP contribution < -0.4 is 5.32 Å². The Balaban J connectivity index is 1.43. The highest BCUT2D eigenvalue weighted by atomic mass is 127. The maximum Gasteiger partial charge on any atom is 0.408 e. The van der Waals surface area contributed by atoms with Crippen molar-refractivity contribution in [2.45, 2.75) is 75.5 Å². The molecule has 0 aliphatic heterocycles. The number of carbonyl (C=O) groups excluding carboxylic acids is 1. The molecule has 0 atom stereocenters. The zero-order valence-electron chi connectivity index (χ0n) is 13.3. The van der Waals surface area contributed by atoms with Crippen LogP contribution in [0.1, 0.15) is 64.6 Å². The fourth-order valence-electron chi connectivity index (χ4n) is 4.02. The van der Waals surface area contributed by atoms with Gasteiger partial charge in [0.05, 0.1) is 11.1 Å². The summed E-state index contributed by atoms with van der Waals surface area (Å²) < 4.78 is 8.87. The van der Waals surface area contributed by atoms with Crippen LogP contribution in [0.5, 0.6) is 0 Å². The van der Waals surface area contributed by atoms with E-state index >= 15 is 0 Å². The second-order valence-electron chi connectivity index (χ2n) is 8.23. The minimum Gasteiger partial charge on any atom is -0.444 e. The van der Waals surface area contributed by atoms with Crippen LogP contribution in [0.4, 0.5) is 4.79 Å². The average molecular weight is 415 g/mol. The van der Waals surface area contributed by atoms with E-state index in [1.807, 2.05) is 20.8 Å². The van der Waals surface area contributed by atoms with Gasteiger partial charge in [0.25, 0.3) is 0 Å². The van der Waals surface area contributed by atoms with Gasteiger partial charge < -0.3 is 14.6 Å². The molecule has 4 aliphatic rings. The van der Waals surface area contributed by atoms with E-state index in [1.54, 1.807) is 0 Å². The number of imidazole rings is 1. The first-order chi connectivity index (χ1) is 10.2. The van der Waals surface area contributed by atoms with E-state index in [1.165, 1.54) is 18.7 Å². The molecule has 4 fully saturated rings. The highest BCUT2D eigenvalue weighted by Crippen LogP contribution is 2.66. The van der Waals surface area contributed by atoms with Crippen LogP contribution in [0.15, 0.2) is 6.20 Å². The van der Waals surface area contributed by atoms with Crippen LogP contribution in [0, 0.1) is 3.70 Å². The molecule has 1 heterocycles. The van der Waals surface area contributed by atoms with Gasteiger partial charge >= 0.3 is 6.09 Å². The van der Waals surface area contributed by atoms with Crippen molar-refractivity contribution in [3.05, 3.63) is 15.7 Å². The molecule has 0 aromatic carbocycles. The Morgan fingerprint density at radius 3 is 2.59 bits per heavy atom. The minimum absolute atomic E-state index is 0.0428. The monoisotopic (exact) mass is 415 g/mol. The van der Waals surface area contributed by atoms with Crippen molar-refractivity contribution < 1.29 is 9.53 Å². The number of hydrogen-bond donors (Lipinski definition) is 1. The zero-order chi connectivity index (χ0) is 15.8. The van der Waals surface area contributed by atoms with Crippen LogP contribution in [0.3, 0.4) is 0 Å². The summed E-state index contributed by atoms with van der Waals surface area (Å²) in [5.41, 5.74) is -0.285. The average Bonchev–Trinajstić information content (AvgIpc) is 3.03. The molecule has 1 aromatic heterocycles. The summed E-state index contributed by atoms with van der Waals surface area (Å²) in [7, 11) is 0. The van der Waals surface area contributed by atoms with E-state index in [4.69, 9.17) is 9.72 Å². The standard InChI is InChI=1S/C16H22IN3O2/c1-14(2,3)22-13(21)19-15-7-16(8-15,9-15)20-6-11(17)18-12(20)10-4-5-10/h6,10H,4-5,7-9H2,1-3H3,(H,19,21). The Morgan fingerprint density at radius 2 is 2.05 bits per heavy atom. The summed E-state index contributed by atoms with van der Waals surface area (Å²) >= 11 is 2.30. The maximum atomic E-state index is 12.0. The molecule has 5 nitrogen and oxygen atoms in total.